The van der Waals surface area contributed by atoms with Crippen molar-refractivity contribution in [2.24, 2.45) is 0 Å². The average molecular weight is 120 g/mol. The predicted octanol–water partition coefficient (Wildman–Crippen LogP) is -0.134. The van der Waals surface area contributed by atoms with E-state index in [9.17, 15) is 4.79 Å². The molecule has 0 saturated heterocycles. The topological polar surface area (TPSA) is 37.3 Å². The Morgan fingerprint density at radius 1 is 1.86 bits per heavy atom. The van der Waals surface area contributed by atoms with E-state index < -0.39 is 0 Å². The number of aliphatic hydroxyl groups excluding tert-OH is 1. The van der Waals surface area contributed by atoms with Gasteiger partial charge in [-0.15, -0.1) is 0 Å². The van der Waals surface area contributed by atoms with Gasteiger partial charge in [-0.25, -0.2) is 0 Å². The van der Waals surface area contributed by atoms with Gasteiger partial charge in [-0.1, -0.05) is 0 Å². The lowest BCUT2D eigenvalue weighted by Gasteiger charge is -1.96. The van der Waals surface area contributed by atoms with Crippen molar-refractivity contribution in [1.29, 1.82) is 0 Å². The van der Waals surface area contributed by atoms with Crippen LogP contribution in [-0.2, 0) is 4.79 Å². The van der Waals surface area contributed by atoms with E-state index in [1.54, 1.807) is 0 Å². The third-order valence-electron chi connectivity index (χ3n) is 0.579. The molecule has 0 aromatic carbocycles. The summed E-state index contributed by atoms with van der Waals surface area (Å²) in [5.74, 6) is 0. The molecule has 0 aliphatic carbocycles. The molecule has 0 rings (SSSR count). The number of aldehydes is 1. The Morgan fingerprint density at radius 2 is 2.43 bits per heavy atom. The molecule has 0 heterocycles. The van der Waals surface area contributed by atoms with E-state index >= 15 is 0 Å². The predicted molar refractivity (Wildman–Crippen MR) is 30.5 cm³/mol. The van der Waals surface area contributed by atoms with E-state index in [1.165, 1.54) is 0 Å². The molecule has 1 unspecified atom stereocenters. The number of carbonyl (C=O) groups excluding carboxylic acids is 1. The summed E-state index contributed by atoms with van der Waals surface area (Å²) in [6.07, 6.45) is 1.08. The van der Waals surface area contributed by atoms with Crippen LogP contribution in [0.3, 0.4) is 0 Å². The molecule has 2 nitrogen and oxygen atoms in total. The third-order valence-corrected chi connectivity index (χ3v) is 0.953. The molecular weight excluding hydrogens is 112 g/mol. The van der Waals surface area contributed by atoms with E-state index in [4.69, 9.17) is 5.11 Å². The molecule has 3 heteroatoms. The molecule has 0 spiro atoms. The minimum Gasteiger partial charge on any atom is -0.395 e. The molecular formula is C4H8O2S. The molecule has 42 valence electrons. The maximum Gasteiger partial charge on any atom is 0.121 e. The minimum atomic E-state index is -0.169. The zero-order chi connectivity index (χ0) is 5.70. The minimum absolute atomic E-state index is 0.0259. The highest BCUT2D eigenvalue weighted by atomic mass is 32.1. The zero-order valence-electron chi connectivity index (χ0n) is 3.87. The van der Waals surface area contributed by atoms with Gasteiger partial charge in [0, 0.05) is 11.7 Å². The zero-order valence-corrected chi connectivity index (χ0v) is 4.77. The second kappa shape index (κ2) is 4.15. The van der Waals surface area contributed by atoms with Crippen molar-refractivity contribution in [2.45, 2.75) is 11.7 Å². The highest BCUT2D eigenvalue weighted by Crippen LogP contribution is 1.94. The lowest BCUT2D eigenvalue weighted by Crippen LogP contribution is -2.03. The fourth-order valence-electron chi connectivity index (χ4n) is 0.186. The Labute approximate surface area is 47.9 Å². The van der Waals surface area contributed by atoms with Crippen molar-refractivity contribution in [3.63, 3.8) is 0 Å². The summed E-state index contributed by atoms with van der Waals surface area (Å²) < 4.78 is 0. The fourth-order valence-corrected chi connectivity index (χ4v) is 0.272. The Morgan fingerprint density at radius 3 is 2.57 bits per heavy atom. The van der Waals surface area contributed by atoms with Crippen LogP contribution in [0.1, 0.15) is 6.42 Å². The van der Waals surface area contributed by atoms with Crippen molar-refractivity contribution < 1.29 is 9.90 Å². The first kappa shape index (κ1) is 6.98. The average Bonchev–Trinajstić information content (AvgIpc) is 1.68. The van der Waals surface area contributed by atoms with Crippen LogP contribution in [-0.4, -0.2) is 23.2 Å². The summed E-state index contributed by atoms with van der Waals surface area (Å²) in [6.45, 7) is -0.0259. The van der Waals surface area contributed by atoms with Crippen LogP contribution in [0.25, 0.3) is 0 Å². The molecule has 7 heavy (non-hydrogen) atoms. The Bertz CT molecular complexity index is 55.7. The van der Waals surface area contributed by atoms with E-state index in [0.717, 1.165) is 6.29 Å². The molecule has 1 atom stereocenters. The maximum absolute atomic E-state index is 9.61. The van der Waals surface area contributed by atoms with Crippen LogP contribution in [0.2, 0.25) is 0 Å². The van der Waals surface area contributed by atoms with Gasteiger partial charge >= 0.3 is 0 Å². The van der Waals surface area contributed by atoms with E-state index in [1.807, 2.05) is 0 Å². The first-order valence-corrected chi connectivity index (χ1v) is 2.55. The number of aliphatic hydroxyl groups is 1. The molecule has 1 N–H and O–H groups in total. The molecule has 0 bridgehead atoms. The van der Waals surface area contributed by atoms with Crippen LogP contribution in [0.15, 0.2) is 0 Å². The second-order valence-electron chi connectivity index (χ2n) is 1.24. The number of carbonyl (C=O) groups is 1. The summed E-state index contributed by atoms with van der Waals surface area (Å²) in [5, 5.41) is 8.06. The third kappa shape index (κ3) is 3.82. The van der Waals surface area contributed by atoms with Crippen molar-refractivity contribution in [1.82, 2.24) is 0 Å². The van der Waals surface area contributed by atoms with Crippen LogP contribution in [0.4, 0.5) is 0 Å². The molecule has 0 aliphatic rings. The number of hydrogen-bond donors (Lipinski definition) is 2. The fraction of sp³-hybridized carbons (Fsp3) is 0.750. The van der Waals surface area contributed by atoms with Crippen LogP contribution >= 0.6 is 12.6 Å². The highest BCUT2D eigenvalue weighted by molar-refractivity contribution is 7.81. The summed E-state index contributed by atoms with van der Waals surface area (Å²) in [7, 11) is 0. The van der Waals surface area contributed by atoms with E-state index in [0.29, 0.717) is 6.42 Å². The van der Waals surface area contributed by atoms with Gasteiger partial charge in [-0.05, 0) is 0 Å². The maximum atomic E-state index is 9.61. The molecule has 0 fully saturated rings. The van der Waals surface area contributed by atoms with Gasteiger partial charge in [-0.3, -0.25) is 0 Å². The molecule has 0 aromatic heterocycles. The second-order valence-corrected chi connectivity index (χ2v) is 1.97. The van der Waals surface area contributed by atoms with Gasteiger partial charge in [0.1, 0.15) is 6.29 Å². The van der Waals surface area contributed by atoms with Crippen LogP contribution in [0, 0.1) is 0 Å². The van der Waals surface area contributed by atoms with Crippen LogP contribution < -0.4 is 0 Å². The lowest BCUT2D eigenvalue weighted by molar-refractivity contribution is -0.107. The van der Waals surface area contributed by atoms with Crippen molar-refractivity contribution in [3.8, 4) is 0 Å². The Kier molecular flexibility index (Phi) is 4.14. The lowest BCUT2D eigenvalue weighted by atomic mass is 10.3. The van der Waals surface area contributed by atoms with Gasteiger partial charge < -0.3 is 9.90 Å². The summed E-state index contributed by atoms with van der Waals surface area (Å²) in [6, 6.07) is 0. The standard InChI is InChI=1S/C4H8O2S/c5-2-1-4(7)3-6/h2,4,6-7H,1,3H2. The molecule has 0 saturated carbocycles. The molecule has 0 radical (unpaired) electrons. The summed E-state index contributed by atoms with van der Waals surface area (Å²) in [4.78, 5) is 9.61. The van der Waals surface area contributed by atoms with E-state index in [2.05, 4.69) is 12.6 Å². The van der Waals surface area contributed by atoms with Crippen LogP contribution in [0.5, 0.6) is 0 Å². The smallest absolute Gasteiger partial charge is 0.121 e. The van der Waals surface area contributed by atoms with Gasteiger partial charge in [0.15, 0.2) is 0 Å². The number of rotatable bonds is 3. The summed E-state index contributed by atoms with van der Waals surface area (Å²) in [5.41, 5.74) is 0. The first-order valence-electron chi connectivity index (χ1n) is 2.03. The van der Waals surface area contributed by atoms with Gasteiger partial charge in [0.05, 0.1) is 6.61 Å². The van der Waals surface area contributed by atoms with Gasteiger partial charge in [0.25, 0.3) is 0 Å². The van der Waals surface area contributed by atoms with Crippen molar-refractivity contribution in [2.75, 3.05) is 6.61 Å². The Balaban J connectivity index is 2.98. The largest absolute Gasteiger partial charge is 0.395 e. The molecule has 0 aliphatic heterocycles. The summed E-state index contributed by atoms with van der Waals surface area (Å²) >= 11 is 3.83. The Hall–Kier alpha value is -0.0200. The van der Waals surface area contributed by atoms with E-state index in [-0.39, 0.29) is 11.9 Å². The quantitative estimate of drug-likeness (QED) is 0.402. The normalized spacial score (nSPS) is 13.4. The first-order chi connectivity index (χ1) is 3.31. The molecule has 0 amide bonds. The SMILES string of the molecule is O=CCC(S)CO. The van der Waals surface area contributed by atoms with Crippen molar-refractivity contribution >= 4 is 18.9 Å². The monoisotopic (exact) mass is 120 g/mol. The molecule has 0 aromatic rings. The number of thiol groups is 1. The van der Waals surface area contributed by atoms with Gasteiger partial charge in [-0.2, -0.15) is 12.6 Å². The van der Waals surface area contributed by atoms with Gasteiger partial charge in [0.2, 0.25) is 0 Å². The highest BCUT2D eigenvalue weighted by Gasteiger charge is 1.95. The van der Waals surface area contributed by atoms with Crippen molar-refractivity contribution in [3.05, 3.63) is 0 Å². The number of hydrogen-bond acceptors (Lipinski definition) is 3.